The fourth-order valence-corrected chi connectivity index (χ4v) is 1.70. The molecule has 1 unspecified atom stereocenters. The van der Waals surface area contributed by atoms with E-state index in [0.717, 1.165) is 17.9 Å². The van der Waals surface area contributed by atoms with Crippen molar-refractivity contribution in [1.82, 2.24) is 15.2 Å². The average molecular weight is 195 g/mol. The standard InChI is InChI=1S/C9H17N5/c1-14-9(10)7(5-12-14)8(13-11)4-6-2-3-6/h5-6,8,13H,2-4,10-11H2,1H3. The fraction of sp³-hybridized carbons (Fsp3) is 0.667. The molecule has 1 aliphatic carbocycles. The van der Waals surface area contributed by atoms with E-state index in [4.69, 9.17) is 11.6 Å². The first kappa shape index (κ1) is 9.48. The van der Waals surface area contributed by atoms with Gasteiger partial charge in [-0.25, -0.2) is 0 Å². The minimum Gasteiger partial charge on any atom is -0.384 e. The Bertz CT molecular complexity index is 315. The van der Waals surface area contributed by atoms with Crippen LogP contribution in [0.2, 0.25) is 0 Å². The third-order valence-electron chi connectivity index (χ3n) is 2.86. The molecular formula is C9H17N5. The molecule has 0 aliphatic heterocycles. The Morgan fingerprint density at radius 3 is 2.86 bits per heavy atom. The van der Waals surface area contributed by atoms with Gasteiger partial charge < -0.3 is 5.73 Å². The van der Waals surface area contributed by atoms with Crippen molar-refractivity contribution in [1.29, 1.82) is 0 Å². The summed E-state index contributed by atoms with van der Waals surface area (Å²) in [7, 11) is 1.84. The predicted octanol–water partition coefficient (Wildman–Crippen LogP) is 0.307. The molecule has 1 aromatic heterocycles. The summed E-state index contributed by atoms with van der Waals surface area (Å²) in [6.07, 6.45) is 5.49. The van der Waals surface area contributed by atoms with E-state index in [2.05, 4.69) is 10.5 Å². The molecule has 5 nitrogen and oxygen atoms in total. The smallest absolute Gasteiger partial charge is 0.126 e. The van der Waals surface area contributed by atoms with Crippen molar-refractivity contribution in [2.75, 3.05) is 5.73 Å². The Balaban J connectivity index is 2.12. The van der Waals surface area contributed by atoms with Crippen molar-refractivity contribution in [2.24, 2.45) is 18.8 Å². The van der Waals surface area contributed by atoms with E-state index in [-0.39, 0.29) is 6.04 Å². The number of rotatable bonds is 4. The van der Waals surface area contributed by atoms with Crippen LogP contribution in [0.15, 0.2) is 6.20 Å². The van der Waals surface area contributed by atoms with Crippen LogP contribution in [0.25, 0.3) is 0 Å². The normalized spacial score (nSPS) is 18.4. The minimum absolute atomic E-state index is 0.149. The molecule has 1 atom stereocenters. The highest BCUT2D eigenvalue weighted by Gasteiger charge is 2.27. The number of nitrogens with two attached hydrogens (primary N) is 2. The van der Waals surface area contributed by atoms with Gasteiger partial charge in [-0.05, 0) is 12.3 Å². The molecule has 1 aromatic rings. The Labute approximate surface area is 83.4 Å². The van der Waals surface area contributed by atoms with Gasteiger partial charge in [-0.2, -0.15) is 5.10 Å². The van der Waals surface area contributed by atoms with Crippen LogP contribution in [0.4, 0.5) is 5.82 Å². The van der Waals surface area contributed by atoms with E-state index < -0.39 is 0 Å². The summed E-state index contributed by atoms with van der Waals surface area (Å²) in [5, 5.41) is 4.11. The first-order valence-corrected chi connectivity index (χ1v) is 4.96. The van der Waals surface area contributed by atoms with Gasteiger partial charge in [-0.1, -0.05) is 12.8 Å². The molecule has 5 heteroatoms. The molecule has 0 amide bonds. The number of nitrogens with zero attached hydrogens (tertiary/aromatic N) is 2. The second-order valence-corrected chi connectivity index (χ2v) is 4.01. The zero-order valence-corrected chi connectivity index (χ0v) is 8.40. The lowest BCUT2D eigenvalue weighted by atomic mass is 10.0. The topological polar surface area (TPSA) is 81.9 Å². The number of aryl methyl sites for hydroxylation is 1. The maximum Gasteiger partial charge on any atom is 0.126 e. The van der Waals surface area contributed by atoms with Gasteiger partial charge in [0.05, 0.1) is 12.2 Å². The Hall–Kier alpha value is -1.07. The van der Waals surface area contributed by atoms with Crippen molar-refractivity contribution in [3.05, 3.63) is 11.8 Å². The van der Waals surface area contributed by atoms with Gasteiger partial charge in [0.15, 0.2) is 0 Å². The van der Waals surface area contributed by atoms with E-state index in [1.807, 2.05) is 7.05 Å². The second-order valence-electron chi connectivity index (χ2n) is 4.01. The summed E-state index contributed by atoms with van der Waals surface area (Å²) < 4.78 is 1.67. The van der Waals surface area contributed by atoms with Crippen LogP contribution in [0.3, 0.4) is 0 Å². The van der Waals surface area contributed by atoms with Crippen LogP contribution in [0, 0.1) is 5.92 Å². The Morgan fingerprint density at radius 1 is 1.71 bits per heavy atom. The quantitative estimate of drug-likeness (QED) is 0.477. The minimum atomic E-state index is 0.149. The highest BCUT2D eigenvalue weighted by Crippen LogP contribution is 2.38. The number of hydrogen-bond acceptors (Lipinski definition) is 4. The number of anilines is 1. The summed E-state index contributed by atoms with van der Waals surface area (Å²) in [5.74, 6) is 7.03. The monoisotopic (exact) mass is 195 g/mol. The van der Waals surface area contributed by atoms with E-state index in [0.29, 0.717) is 5.82 Å². The summed E-state index contributed by atoms with van der Waals surface area (Å²) in [6.45, 7) is 0. The van der Waals surface area contributed by atoms with Crippen molar-refractivity contribution >= 4 is 5.82 Å². The Kier molecular flexibility index (Phi) is 2.43. The fourth-order valence-electron chi connectivity index (χ4n) is 1.70. The molecular weight excluding hydrogens is 178 g/mol. The lowest BCUT2D eigenvalue weighted by molar-refractivity contribution is 0.488. The van der Waals surface area contributed by atoms with E-state index in [1.165, 1.54) is 12.8 Å². The summed E-state index contributed by atoms with van der Waals surface area (Å²) in [4.78, 5) is 0. The molecule has 0 spiro atoms. The van der Waals surface area contributed by atoms with E-state index in [1.54, 1.807) is 10.9 Å². The van der Waals surface area contributed by atoms with Crippen LogP contribution in [-0.4, -0.2) is 9.78 Å². The first-order chi connectivity index (χ1) is 6.72. The van der Waals surface area contributed by atoms with Crippen LogP contribution >= 0.6 is 0 Å². The molecule has 14 heavy (non-hydrogen) atoms. The molecule has 1 heterocycles. The van der Waals surface area contributed by atoms with Crippen LogP contribution < -0.4 is 17.0 Å². The van der Waals surface area contributed by atoms with Gasteiger partial charge in [-0.15, -0.1) is 0 Å². The van der Waals surface area contributed by atoms with Crippen molar-refractivity contribution in [3.63, 3.8) is 0 Å². The predicted molar refractivity (Wildman–Crippen MR) is 55.0 cm³/mol. The van der Waals surface area contributed by atoms with Gasteiger partial charge in [-0.3, -0.25) is 16.0 Å². The Morgan fingerprint density at radius 2 is 2.43 bits per heavy atom. The number of hydrazine groups is 1. The third kappa shape index (κ3) is 1.73. The third-order valence-corrected chi connectivity index (χ3v) is 2.86. The van der Waals surface area contributed by atoms with Crippen LogP contribution in [-0.2, 0) is 7.05 Å². The molecule has 1 saturated carbocycles. The second kappa shape index (κ2) is 3.59. The van der Waals surface area contributed by atoms with E-state index in [9.17, 15) is 0 Å². The van der Waals surface area contributed by atoms with E-state index >= 15 is 0 Å². The number of hydrogen-bond donors (Lipinski definition) is 3. The number of nitrogens with one attached hydrogen (secondary N) is 1. The van der Waals surface area contributed by atoms with Crippen LogP contribution in [0.1, 0.15) is 30.9 Å². The molecule has 78 valence electrons. The van der Waals surface area contributed by atoms with Crippen LogP contribution in [0.5, 0.6) is 0 Å². The maximum absolute atomic E-state index is 5.88. The zero-order valence-electron chi connectivity index (χ0n) is 8.40. The summed E-state index contributed by atoms with van der Waals surface area (Å²) in [5.41, 5.74) is 9.71. The van der Waals surface area contributed by atoms with Gasteiger partial charge in [0, 0.05) is 12.6 Å². The molecule has 5 N–H and O–H groups in total. The first-order valence-electron chi connectivity index (χ1n) is 4.96. The van der Waals surface area contributed by atoms with Gasteiger partial charge >= 0.3 is 0 Å². The lowest BCUT2D eigenvalue weighted by Gasteiger charge is -2.14. The molecule has 2 rings (SSSR count). The van der Waals surface area contributed by atoms with Gasteiger partial charge in [0.25, 0.3) is 0 Å². The number of aromatic nitrogens is 2. The molecule has 1 aliphatic rings. The zero-order chi connectivity index (χ0) is 10.1. The molecule has 0 saturated heterocycles. The average Bonchev–Trinajstić information content (AvgIpc) is 2.94. The highest BCUT2D eigenvalue weighted by atomic mass is 15.3. The summed E-state index contributed by atoms with van der Waals surface area (Å²) in [6, 6.07) is 0.149. The molecule has 0 bridgehead atoms. The van der Waals surface area contributed by atoms with Crippen molar-refractivity contribution in [2.45, 2.75) is 25.3 Å². The maximum atomic E-state index is 5.88. The van der Waals surface area contributed by atoms with Crippen molar-refractivity contribution < 1.29 is 0 Å². The molecule has 0 radical (unpaired) electrons. The number of nitrogen functional groups attached to an aromatic ring is 1. The molecule has 0 aromatic carbocycles. The lowest BCUT2D eigenvalue weighted by Crippen LogP contribution is -2.28. The van der Waals surface area contributed by atoms with Gasteiger partial charge in [0.1, 0.15) is 5.82 Å². The summed E-state index contributed by atoms with van der Waals surface area (Å²) >= 11 is 0. The van der Waals surface area contributed by atoms with Crippen molar-refractivity contribution in [3.8, 4) is 0 Å². The largest absolute Gasteiger partial charge is 0.384 e. The van der Waals surface area contributed by atoms with Gasteiger partial charge in [0.2, 0.25) is 0 Å². The SMILES string of the molecule is Cn1ncc(C(CC2CC2)NN)c1N. The molecule has 1 fully saturated rings. The highest BCUT2D eigenvalue weighted by molar-refractivity contribution is 5.40.